The summed E-state index contributed by atoms with van der Waals surface area (Å²) in [7, 11) is 1.84. The van der Waals surface area contributed by atoms with Crippen LogP contribution in [0.1, 0.15) is 110 Å². The maximum atomic E-state index is 13.0. The van der Waals surface area contributed by atoms with Gasteiger partial charge in [-0.2, -0.15) is 0 Å². The number of alkyl carbamates (subject to hydrolysis) is 1. The number of carbonyl (C=O) groups excluding carboxylic acids is 5. The molecule has 16 nitrogen and oxygen atoms in total. The predicted molar refractivity (Wildman–Crippen MR) is 221 cm³/mol. The molecule has 0 bridgehead atoms. The standard InChI is InChI=1S/C34H59N5O8.C4H10N2O.C2H6/c1-5-6-7-16-30(40)36-18-11-20-44-22-24-46-25-23-45-21-12-19-37-32(42)29(39-31(41)27-13-10-14-28(35)26-27)15-8-9-17-38-33(43)47-34(2,3)4;1-5-2-3-6-4-7;1-2/h10,13-14,26,29H,5-9,11-12,15-25,35H2,1-4H3,(H,36,40)(H,37,42)(H,38,43)(H,39,41);4-5H,2-3H2,1H3,(H,6,7);1-2H3. The van der Waals surface area contributed by atoms with Gasteiger partial charge < -0.3 is 56.6 Å². The summed E-state index contributed by atoms with van der Waals surface area (Å²) in [6.07, 6.45) is 6.86. The average molecular weight is 798 g/mol. The Balaban J connectivity index is 0. The molecule has 16 heteroatoms. The monoisotopic (exact) mass is 798 g/mol. The van der Waals surface area contributed by atoms with Gasteiger partial charge in [0.25, 0.3) is 5.91 Å². The number of hydrogen-bond donors (Lipinski definition) is 7. The number of likely N-dealkylation sites (N-methyl/N-ethyl adjacent to an activating group) is 1. The van der Waals surface area contributed by atoms with Crippen molar-refractivity contribution in [3.8, 4) is 0 Å². The molecular weight excluding hydrogens is 722 g/mol. The van der Waals surface area contributed by atoms with Gasteiger partial charge in [-0.1, -0.05) is 39.7 Å². The van der Waals surface area contributed by atoms with Crippen LogP contribution in [0.15, 0.2) is 24.3 Å². The summed E-state index contributed by atoms with van der Waals surface area (Å²) in [4.78, 5) is 58.8. The fourth-order valence-corrected chi connectivity index (χ4v) is 4.50. The molecule has 0 saturated carbocycles. The fourth-order valence-electron chi connectivity index (χ4n) is 4.50. The van der Waals surface area contributed by atoms with Crippen LogP contribution in [0, 0.1) is 0 Å². The Hall–Kier alpha value is -3.99. The number of hydrogen-bond acceptors (Lipinski definition) is 11. The summed E-state index contributed by atoms with van der Waals surface area (Å²) in [5, 5.41) is 16.7. The molecule has 0 saturated heterocycles. The van der Waals surface area contributed by atoms with Crippen molar-refractivity contribution in [1.29, 1.82) is 0 Å². The highest BCUT2D eigenvalue weighted by molar-refractivity contribution is 5.98. The van der Waals surface area contributed by atoms with Crippen molar-refractivity contribution < 1.29 is 42.9 Å². The lowest BCUT2D eigenvalue weighted by molar-refractivity contribution is -0.123. The molecule has 5 amide bonds. The van der Waals surface area contributed by atoms with Crippen LogP contribution in [0.25, 0.3) is 0 Å². The molecule has 324 valence electrons. The van der Waals surface area contributed by atoms with Gasteiger partial charge in [-0.05, 0) is 84.5 Å². The molecule has 1 atom stereocenters. The largest absolute Gasteiger partial charge is 0.444 e. The number of amides is 5. The molecule has 1 unspecified atom stereocenters. The SMILES string of the molecule is CC.CCCCCC(=O)NCCCOCCOCCOCCCNC(=O)C(CCCCNC(=O)OC(C)(C)C)NC(=O)c1cccc(N)c1.CNCCNC=O. The first kappa shape index (κ1) is 54.1. The van der Waals surface area contributed by atoms with E-state index in [2.05, 4.69) is 38.8 Å². The number of nitrogens with two attached hydrogens (primary N) is 1. The molecule has 1 aromatic rings. The number of unbranched alkanes of at least 4 members (excludes halogenated alkanes) is 3. The molecule has 56 heavy (non-hydrogen) atoms. The Bertz CT molecular complexity index is 1150. The van der Waals surface area contributed by atoms with E-state index in [-0.39, 0.29) is 17.7 Å². The Morgan fingerprint density at radius 2 is 1.38 bits per heavy atom. The van der Waals surface area contributed by atoms with E-state index in [1.807, 2.05) is 20.9 Å². The Kier molecular flexibility index (Phi) is 36.6. The number of anilines is 1. The summed E-state index contributed by atoms with van der Waals surface area (Å²) in [6.45, 7) is 17.2. The van der Waals surface area contributed by atoms with E-state index in [0.29, 0.717) is 116 Å². The number of ether oxygens (including phenoxy) is 4. The zero-order valence-corrected chi connectivity index (χ0v) is 35.4. The fraction of sp³-hybridized carbons (Fsp3) is 0.725. The minimum Gasteiger partial charge on any atom is -0.444 e. The third-order valence-electron chi connectivity index (χ3n) is 7.26. The second-order valence-electron chi connectivity index (χ2n) is 13.4. The normalized spacial score (nSPS) is 11.1. The third-order valence-corrected chi connectivity index (χ3v) is 7.26. The van der Waals surface area contributed by atoms with Gasteiger partial charge in [0.05, 0.1) is 26.4 Å². The molecule has 0 aliphatic carbocycles. The van der Waals surface area contributed by atoms with Gasteiger partial charge in [-0.3, -0.25) is 19.2 Å². The van der Waals surface area contributed by atoms with Gasteiger partial charge in [0.2, 0.25) is 18.2 Å². The predicted octanol–water partition coefficient (Wildman–Crippen LogP) is 3.68. The Morgan fingerprint density at radius 3 is 1.95 bits per heavy atom. The van der Waals surface area contributed by atoms with Gasteiger partial charge in [0.1, 0.15) is 11.6 Å². The van der Waals surface area contributed by atoms with Crippen molar-refractivity contribution >= 4 is 35.9 Å². The van der Waals surface area contributed by atoms with E-state index >= 15 is 0 Å². The highest BCUT2D eigenvalue weighted by Crippen LogP contribution is 2.09. The first-order valence-electron chi connectivity index (χ1n) is 20.2. The molecule has 0 spiro atoms. The molecule has 8 N–H and O–H groups in total. The maximum Gasteiger partial charge on any atom is 0.407 e. The lowest BCUT2D eigenvalue weighted by atomic mass is 10.1. The quantitative estimate of drug-likeness (QED) is 0.0338. The number of nitrogens with one attached hydrogen (secondary N) is 6. The van der Waals surface area contributed by atoms with Crippen molar-refractivity contribution in [2.24, 2.45) is 0 Å². The zero-order chi connectivity index (χ0) is 42.3. The number of rotatable bonds is 30. The van der Waals surface area contributed by atoms with E-state index in [1.54, 1.807) is 45.0 Å². The third kappa shape index (κ3) is 35.7. The first-order valence-corrected chi connectivity index (χ1v) is 20.2. The molecule has 0 aliphatic heterocycles. The Morgan fingerprint density at radius 1 is 0.768 bits per heavy atom. The lowest BCUT2D eigenvalue weighted by Gasteiger charge is -2.20. The van der Waals surface area contributed by atoms with Crippen LogP contribution < -0.4 is 37.6 Å². The smallest absolute Gasteiger partial charge is 0.407 e. The van der Waals surface area contributed by atoms with Crippen LogP contribution in [0.3, 0.4) is 0 Å². The minimum atomic E-state index is -0.753. The van der Waals surface area contributed by atoms with Crippen molar-refractivity contribution in [2.45, 2.75) is 111 Å². The summed E-state index contributed by atoms with van der Waals surface area (Å²) in [5.41, 5.74) is 6.06. The van der Waals surface area contributed by atoms with Crippen LogP contribution >= 0.6 is 0 Å². The molecule has 0 heterocycles. The zero-order valence-electron chi connectivity index (χ0n) is 35.4. The molecule has 0 fully saturated rings. The van der Waals surface area contributed by atoms with E-state index in [9.17, 15) is 24.0 Å². The van der Waals surface area contributed by atoms with Crippen LogP contribution in [0.5, 0.6) is 0 Å². The molecular formula is C40H75N7O9. The summed E-state index contributed by atoms with van der Waals surface area (Å²) in [6, 6.07) is 5.81. The average Bonchev–Trinajstić information content (AvgIpc) is 3.16. The molecule has 0 radical (unpaired) electrons. The van der Waals surface area contributed by atoms with Gasteiger partial charge >= 0.3 is 6.09 Å². The molecule has 1 rings (SSSR count). The van der Waals surface area contributed by atoms with Gasteiger partial charge in [0.15, 0.2) is 0 Å². The number of nitrogen functional groups attached to an aromatic ring is 1. The molecule has 0 aliphatic rings. The van der Waals surface area contributed by atoms with Gasteiger partial charge in [0, 0.05) is 63.6 Å². The van der Waals surface area contributed by atoms with Crippen molar-refractivity contribution in [3.05, 3.63) is 29.8 Å². The Labute approximate surface area is 336 Å². The molecule has 1 aromatic carbocycles. The van der Waals surface area contributed by atoms with Crippen LogP contribution in [0.4, 0.5) is 10.5 Å². The van der Waals surface area contributed by atoms with E-state index in [1.165, 1.54) is 0 Å². The summed E-state index contributed by atoms with van der Waals surface area (Å²) < 4.78 is 21.9. The van der Waals surface area contributed by atoms with Crippen molar-refractivity contribution in [1.82, 2.24) is 31.9 Å². The van der Waals surface area contributed by atoms with Gasteiger partial charge in [-0.15, -0.1) is 0 Å². The van der Waals surface area contributed by atoms with Crippen LogP contribution in [-0.2, 0) is 33.3 Å². The van der Waals surface area contributed by atoms with E-state index in [0.717, 1.165) is 32.2 Å². The van der Waals surface area contributed by atoms with Gasteiger partial charge in [-0.25, -0.2) is 4.79 Å². The number of carbonyl (C=O) groups is 5. The topological polar surface area (TPSA) is 220 Å². The second kappa shape index (κ2) is 37.9. The van der Waals surface area contributed by atoms with Crippen molar-refractivity contribution in [3.63, 3.8) is 0 Å². The number of benzene rings is 1. The minimum absolute atomic E-state index is 0.102. The highest BCUT2D eigenvalue weighted by atomic mass is 16.6. The summed E-state index contributed by atoms with van der Waals surface area (Å²) in [5.74, 6) is -0.579. The first-order chi connectivity index (χ1) is 26.9. The molecule has 0 aromatic heterocycles. The van der Waals surface area contributed by atoms with Crippen molar-refractivity contribution in [2.75, 3.05) is 85.1 Å². The maximum absolute atomic E-state index is 13.0. The van der Waals surface area contributed by atoms with Crippen LogP contribution in [-0.4, -0.2) is 121 Å². The van der Waals surface area contributed by atoms with E-state index < -0.39 is 17.7 Å². The summed E-state index contributed by atoms with van der Waals surface area (Å²) >= 11 is 0. The van der Waals surface area contributed by atoms with Crippen LogP contribution in [0.2, 0.25) is 0 Å². The second-order valence-corrected chi connectivity index (χ2v) is 13.4. The highest BCUT2D eigenvalue weighted by Gasteiger charge is 2.21. The lowest BCUT2D eigenvalue weighted by Crippen LogP contribution is -2.47. The van der Waals surface area contributed by atoms with E-state index in [4.69, 9.17) is 24.7 Å².